The zero-order valence-corrected chi connectivity index (χ0v) is 30.5. The van der Waals surface area contributed by atoms with Gasteiger partial charge in [-0.05, 0) is 70.8 Å². The Balaban J connectivity index is 1.36. The average molecular weight is 724 g/mol. The van der Waals surface area contributed by atoms with Gasteiger partial charge in [0.1, 0.15) is 5.03 Å². The van der Waals surface area contributed by atoms with E-state index in [0.717, 1.165) is 99.2 Å². The van der Waals surface area contributed by atoms with Gasteiger partial charge in [-0.15, -0.1) is 0 Å². The fourth-order valence-corrected chi connectivity index (χ4v) is 8.53. The Kier molecular flexibility index (Phi) is 8.35. The molecule has 6 heteroatoms. The number of nitrogens with one attached hydrogen (secondary N) is 2. The third-order valence-electron chi connectivity index (χ3n) is 9.98. The van der Waals surface area contributed by atoms with Crippen molar-refractivity contribution in [2.75, 3.05) is 0 Å². The number of aromatic nitrogens is 3. The predicted octanol–water partition coefficient (Wildman–Crippen LogP) is 9.54. The molecule has 3 aliphatic rings. The van der Waals surface area contributed by atoms with Gasteiger partial charge in [0.15, 0.2) is 0 Å². The molecule has 3 aliphatic heterocycles. The van der Waals surface area contributed by atoms with Crippen LogP contribution in [-0.4, -0.2) is 26.4 Å². The molecule has 0 spiro atoms. The van der Waals surface area contributed by atoms with Crippen molar-refractivity contribution in [2.45, 2.75) is 9.92 Å². The molecule has 0 saturated carbocycles. The van der Waals surface area contributed by atoms with Gasteiger partial charge in [0.2, 0.25) is 0 Å². The van der Waals surface area contributed by atoms with Gasteiger partial charge >= 0.3 is 0 Å². The molecule has 7 aromatic rings. The average Bonchev–Trinajstić information content (AvgIpc) is 4.08. The topological polar surface area (TPSA) is 69.2 Å². The van der Waals surface area contributed by atoms with Crippen molar-refractivity contribution < 1.29 is 0 Å². The van der Waals surface area contributed by atoms with Gasteiger partial charge < -0.3 is 9.97 Å². The highest BCUT2D eigenvalue weighted by Crippen LogP contribution is 2.45. The number of nitrogens with zero attached hydrogens (tertiary/aromatic N) is 3. The Bertz CT molecular complexity index is 2720. The van der Waals surface area contributed by atoms with Gasteiger partial charge in [0, 0.05) is 55.8 Å². The van der Waals surface area contributed by atoms with Crippen LogP contribution in [0, 0.1) is 0 Å². The molecule has 2 N–H and O–H groups in total. The van der Waals surface area contributed by atoms with Crippen LogP contribution in [0.25, 0.3) is 22.3 Å². The Morgan fingerprint density at radius 1 is 0.436 bits per heavy atom. The molecular formula is C49H33N5S. The van der Waals surface area contributed by atoms with E-state index in [4.69, 9.17) is 15.0 Å². The number of fused-ring (bicyclic) bond motifs is 6. The van der Waals surface area contributed by atoms with Crippen LogP contribution < -0.4 is 10.7 Å². The van der Waals surface area contributed by atoms with Crippen molar-refractivity contribution in [2.24, 2.45) is 9.98 Å². The highest BCUT2D eigenvalue weighted by Gasteiger charge is 2.27. The molecule has 0 aliphatic carbocycles. The smallest absolute Gasteiger partial charge is 0.101 e. The molecule has 5 nitrogen and oxygen atoms in total. The van der Waals surface area contributed by atoms with E-state index in [2.05, 4.69) is 180 Å². The van der Waals surface area contributed by atoms with Crippen LogP contribution >= 0.6 is 11.8 Å². The molecule has 10 rings (SSSR count). The minimum absolute atomic E-state index is 0.872. The largest absolute Gasteiger partial charge is 0.360 e. The summed E-state index contributed by atoms with van der Waals surface area (Å²) in [6.07, 6.45) is 12.6. The van der Waals surface area contributed by atoms with E-state index in [9.17, 15) is 0 Å². The lowest BCUT2D eigenvalue weighted by molar-refractivity contribution is 1.13. The Hall–Kier alpha value is -7.02. The van der Waals surface area contributed by atoms with Gasteiger partial charge in [-0.1, -0.05) is 139 Å². The summed E-state index contributed by atoms with van der Waals surface area (Å²) in [7, 11) is 0. The Morgan fingerprint density at radius 2 is 0.909 bits per heavy atom. The van der Waals surface area contributed by atoms with Crippen LogP contribution in [0.3, 0.4) is 0 Å². The number of H-pyrrole nitrogens is 2. The zero-order chi connectivity index (χ0) is 36.6. The summed E-state index contributed by atoms with van der Waals surface area (Å²) in [5.41, 5.74) is 13.9. The molecule has 0 unspecified atom stereocenters. The molecule has 8 bridgehead atoms. The van der Waals surface area contributed by atoms with E-state index in [-0.39, 0.29) is 0 Å². The third-order valence-corrected chi connectivity index (χ3v) is 11.1. The van der Waals surface area contributed by atoms with E-state index >= 15 is 0 Å². The molecule has 4 aromatic carbocycles. The summed E-state index contributed by atoms with van der Waals surface area (Å²) in [5, 5.41) is 2.85. The molecule has 0 amide bonds. The first-order valence-electron chi connectivity index (χ1n) is 18.3. The number of benzene rings is 4. The number of aromatic amines is 2. The van der Waals surface area contributed by atoms with Gasteiger partial charge in [0.05, 0.1) is 28.5 Å². The number of pyridine rings is 1. The molecule has 0 saturated heterocycles. The normalized spacial score (nSPS) is 14.8. The van der Waals surface area contributed by atoms with Crippen LogP contribution in [-0.2, 0) is 0 Å². The number of rotatable bonds is 6. The fraction of sp³-hybridized carbons (Fsp3) is 0. The second kappa shape index (κ2) is 14.1. The summed E-state index contributed by atoms with van der Waals surface area (Å²) in [4.78, 5) is 24.4. The van der Waals surface area contributed by atoms with Gasteiger partial charge in [0.25, 0.3) is 0 Å². The summed E-state index contributed by atoms with van der Waals surface area (Å²) in [5.74, 6) is 0. The first-order valence-corrected chi connectivity index (χ1v) is 19.1. The first-order chi connectivity index (χ1) is 27.3. The molecule has 0 radical (unpaired) electrons. The summed E-state index contributed by atoms with van der Waals surface area (Å²) >= 11 is 1.65. The standard InChI is InChI=1S/C49H33N5S/c1-5-15-32(16-6-1)44-36-31-51-48(49(36)55-43-23-13-14-30-50-43)47(35-21-11-4-12-22-35)42-29-28-41(54-42)46(34-19-9-3-10-20-34)40-27-26-39(53-40)45(33-17-7-2-8-18-33)38-25-24-37(44)52-38/h1-31,51,53H. The Labute approximate surface area is 323 Å². The van der Waals surface area contributed by atoms with Crippen molar-refractivity contribution in [3.05, 3.63) is 244 Å². The fourth-order valence-electron chi connectivity index (χ4n) is 7.53. The van der Waals surface area contributed by atoms with Crippen LogP contribution in [0.15, 0.2) is 220 Å². The van der Waals surface area contributed by atoms with Crippen LogP contribution in [0.2, 0.25) is 0 Å². The first kappa shape index (κ1) is 32.6. The highest BCUT2D eigenvalue weighted by atomic mass is 32.2. The van der Waals surface area contributed by atoms with Gasteiger partial charge in [-0.2, -0.15) is 0 Å². The zero-order valence-electron chi connectivity index (χ0n) is 29.6. The van der Waals surface area contributed by atoms with Crippen LogP contribution in [0.4, 0.5) is 0 Å². The van der Waals surface area contributed by atoms with E-state index in [0.29, 0.717) is 0 Å². The SMILES string of the molecule is C1=CC2=C(c3ccccc3)c3c[nH]c(c3Sc3ccccn3)C(c3ccccc3)=C3C=CC(=N3)C(c3ccccc3)=c3ccc([nH]3)=C(c3ccccc3)C1=N2. The van der Waals surface area contributed by atoms with Crippen LogP contribution in [0.5, 0.6) is 0 Å². The third kappa shape index (κ3) is 6.09. The molecule has 55 heavy (non-hydrogen) atoms. The second-order valence-electron chi connectivity index (χ2n) is 13.4. The van der Waals surface area contributed by atoms with Crippen molar-refractivity contribution >= 4 is 45.5 Å². The lowest BCUT2D eigenvalue weighted by Gasteiger charge is -2.15. The molecule has 260 valence electrons. The second-order valence-corrected chi connectivity index (χ2v) is 14.4. The van der Waals surface area contributed by atoms with Crippen molar-refractivity contribution in [3.8, 4) is 0 Å². The molecule has 3 aromatic heterocycles. The van der Waals surface area contributed by atoms with Crippen molar-refractivity contribution in [1.29, 1.82) is 0 Å². The minimum atomic E-state index is 0.872. The number of hydrogen-bond donors (Lipinski definition) is 2. The molecular weight excluding hydrogens is 691 g/mol. The van der Waals surface area contributed by atoms with E-state index in [1.54, 1.807) is 11.8 Å². The minimum Gasteiger partial charge on any atom is -0.360 e. The number of hydrogen-bond acceptors (Lipinski definition) is 4. The molecule has 6 heterocycles. The highest BCUT2D eigenvalue weighted by molar-refractivity contribution is 7.99. The van der Waals surface area contributed by atoms with Crippen molar-refractivity contribution in [3.63, 3.8) is 0 Å². The lowest BCUT2D eigenvalue weighted by atomic mass is 9.95. The molecule has 0 atom stereocenters. The summed E-state index contributed by atoms with van der Waals surface area (Å²) < 4.78 is 0. The monoisotopic (exact) mass is 723 g/mol. The number of allylic oxidation sites excluding steroid dienone is 4. The maximum Gasteiger partial charge on any atom is 0.101 e. The quantitative estimate of drug-likeness (QED) is 0.180. The number of aliphatic imine (C=N–C) groups is 2. The van der Waals surface area contributed by atoms with Gasteiger partial charge in [-0.25, -0.2) is 15.0 Å². The maximum atomic E-state index is 5.48. The lowest BCUT2D eigenvalue weighted by Crippen LogP contribution is -2.21. The van der Waals surface area contributed by atoms with E-state index in [1.165, 1.54) is 0 Å². The predicted molar refractivity (Wildman–Crippen MR) is 225 cm³/mol. The van der Waals surface area contributed by atoms with Crippen molar-refractivity contribution in [1.82, 2.24) is 15.0 Å². The van der Waals surface area contributed by atoms with Crippen LogP contribution in [0.1, 0.15) is 33.5 Å². The summed E-state index contributed by atoms with van der Waals surface area (Å²) in [6, 6.07) is 52.5. The molecule has 0 fully saturated rings. The van der Waals surface area contributed by atoms with E-state index in [1.807, 2.05) is 18.3 Å². The Morgan fingerprint density at radius 3 is 1.42 bits per heavy atom. The van der Waals surface area contributed by atoms with Gasteiger partial charge in [-0.3, -0.25) is 0 Å². The maximum absolute atomic E-state index is 5.48. The summed E-state index contributed by atoms with van der Waals surface area (Å²) in [6.45, 7) is 0. The van der Waals surface area contributed by atoms with E-state index < -0.39 is 0 Å².